The molecule has 0 saturated heterocycles. The van der Waals surface area contributed by atoms with E-state index >= 15 is 0 Å². The van der Waals surface area contributed by atoms with Gasteiger partial charge in [0.25, 0.3) is 11.5 Å². The topological polar surface area (TPSA) is 80.9 Å². The molecular weight excluding hydrogens is 326 g/mol. The number of aromatic nitrogens is 4. The van der Waals surface area contributed by atoms with Gasteiger partial charge in [0.15, 0.2) is 11.3 Å². The summed E-state index contributed by atoms with van der Waals surface area (Å²) in [7, 11) is 1.58. The number of rotatable bonds is 2. The highest BCUT2D eigenvalue weighted by atomic mass is 35.5. The van der Waals surface area contributed by atoms with E-state index in [4.69, 9.17) is 22.1 Å². The molecule has 4 rings (SSSR count). The molecular formula is C17H15ClN5O+. The fraction of sp³-hybridized carbons (Fsp3) is 0.118. The van der Waals surface area contributed by atoms with Crippen molar-refractivity contribution in [1.82, 2.24) is 15.0 Å². The Balaban J connectivity index is 2.21. The van der Waals surface area contributed by atoms with Crippen molar-refractivity contribution >= 4 is 34.1 Å². The van der Waals surface area contributed by atoms with Crippen LogP contribution in [-0.4, -0.2) is 22.1 Å². The number of ether oxygens (including phenoxy) is 1. The van der Waals surface area contributed by atoms with Crippen molar-refractivity contribution in [3.05, 3.63) is 47.1 Å². The van der Waals surface area contributed by atoms with Crippen LogP contribution in [0.4, 0.5) is 5.82 Å². The highest BCUT2D eigenvalue weighted by Gasteiger charge is 2.24. The molecule has 0 aliphatic carbocycles. The first-order valence-corrected chi connectivity index (χ1v) is 7.77. The zero-order valence-electron chi connectivity index (χ0n) is 13.2. The summed E-state index contributed by atoms with van der Waals surface area (Å²) < 4.78 is 7.20. The van der Waals surface area contributed by atoms with Gasteiger partial charge in [0.1, 0.15) is 11.2 Å². The molecule has 0 saturated carbocycles. The molecule has 0 amide bonds. The highest BCUT2D eigenvalue weighted by molar-refractivity contribution is 6.33. The van der Waals surface area contributed by atoms with E-state index in [-0.39, 0.29) is 0 Å². The first kappa shape index (κ1) is 14.7. The van der Waals surface area contributed by atoms with Gasteiger partial charge in [-0.3, -0.25) is 4.98 Å². The molecule has 0 bridgehead atoms. The molecule has 3 N–H and O–H groups in total. The van der Waals surface area contributed by atoms with Gasteiger partial charge in [0.05, 0.1) is 17.7 Å². The van der Waals surface area contributed by atoms with Gasteiger partial charge >= 0.3 is 0 Å². The molecule has 0 fully saturated rings. The number of benzene rings is 1. The fourth-order valence-electron chi connectivity index (χ4n) is 2.90. The van der Waals surface area contributed by atoms with Gasteiger partial charge in [-0.2, -0.15) is 4.40 Å². The Morgan fingerprint density at radius 2 is 1.96 bits per heavy atom. The molecule has 0 atom stereocenters. The van der Waals surface area contributed by atoms with Crippen LogP contribution in [0.5, 0.6) is 5.88 Å². The van der Waals surface area contributed by atoms with Crippen molar-refractivity contribution in [2.45, 2.75) is 6.92 Å². The molecule has 1 aromatic carbocycles. The van der Waals surface area contributed by atoms with E-state index in [2.05, 4.69) is 15.0 Å². The number of nitrogen functional groups attached to an aromatic ring is 1. The first-order valence-electron chi connectivity index (χ1n) is 7.39. The summed E-state index contributed by atoms with van der Waals surface area (Å²) in [6, 6.07) is 11.2. The van der Waals surface area contributed by atoms with Crippen molar-refractivity contribution in [2.75, 3.05) is 12.8 Å². The minimum atomic E-state index is 0.432. The third-order valence-electron chi connectivity index (χ3n) is 3.97. The Kier molecular flexibility index (Phi) is 3.28. The van der Waals surface area contributed by atoms with E-state index in [0.29, 0.717) is 27.9 Å². The lowest BCUT2D eigenvalue weighted by molar-refractivity contribution is -0.470. The summed E-state index contributed by atoms with van der Waals surface area (Å²) in [6.07, 6.45) is 0. The predicted molar refractivity (Wildman–Crippen MR) is 93.2 cm³/mol. The van der Waals surface area contributed by atoms with Crippen LogP contribution >= 0.6 is 11.6 Å². The summed E-state index contributed by atoms with van der Waals surface area (Å²) >= 11 is 6.39. The van der Waals surface area contributed by atoms with Gasteiger partial charge < -0.3 is 10.5 Å². The van der Waals surface area contributed by atoms with E-state index in [1.54, 1.807) is 13.2 Å². The number of aromatic amines is 1. The van der Waals surface area contributed by atoms with E-state index in [1.165, 1.54) is 0 Å². The Hall–Kier alpha value is -2.86. The molecule has 7 heteroatoms. The van der Waals surface area contributed by atoms with Crippen molar-refractivity contribution in [1.29, 1.82) is 0 Å². The van der Waals surface area contributed by atoms with E-state index in [0.717, 1.165) is 22.6 Å². The maximum absolute atomic E-state index is 6.39. The highest BCUT2D eigenvalue weighted by Crippen LogP contribution is 2.28. The maximum Gasteiger partial charge on any atom is 0.298 e. The van der Waals surface area contributed by atoms with Gasteiger partial charge in [-0.25, -0.2) is 4.98 Å². The fourth-order valence-corrected chi connectivity index (χ4v) is 3.13. The average Bonchev–Trinajstić information content (AvgIpc) is 2.93. The van der Waals surface area contributed by atoms with E-state index in [1.807, 2.05) is 41.7 Å². The van der Waals surface area contributed by atoms with Gasteiger partial charge in [-0.1, -0.05) is 28.7 Å². The number of anilines is 1. The van der Waals surface area contributed by atoms with Crippen LogP contribution in [0.25, 0.3) is 28.1 Å². The lowest BCUT2D eigenvalue weighted by atomic mass is 10.2. The number of hydrogen-bond acceptors (Lipinski definition) is 4. The zero-order valence-corrected chi connectivity index (χ0v) is 13.9. The quantitative estimate of drug-likeness (QED) is 0.550. The van der Waals surface area contributed by atoms with Gasteiger partial charge in [-0.05, 0) is 25.1 Å². The number of hydrogen-bond donors (Lipinski definition) is 2. The lowest BCUT2D eigenvalue weighted by Crippen LogP contribution is -2.27. The zero-order chi connectivity index (χ0) is 16.8. The number of fused-ring (bicyclic) bond motifs is 3. The van der Waals surface area contributed by atoms with Crippen LogP contribution in [-0.2, 0) is 0 Å². The molecule has 0 radical (unpaired) electrons. The minimum absolute atomic E-state index is 0.432. The Morgan fingerprint density at radius 3 is 2.71 bits per heavy atom. The van der Waals surface area contributed by atoms with Crippen molar-refractivity contribution < 1.29 is 9.14 Å². The van der Waals surface area contributed by atoms with Crippen molar-refractivity contribution in [2.24, 2.45) is 0 Å². The summed E-state index contributed by atoms with van der Waals surface area (Å²) in [5.41, 5.74) is 10.0. The van der Waals surface area contributed by atoms with Crippen LogP contribution in [0.2, 0.25) is 5.02 Å². The molecule has 0 aliphatic rings. The summed E-state index contributed by atoms with van der Waals surface area (Å²) in [6.45, 7) is 1.94. The van der Waals surface area contributed by atoms with Gasteiger partial charge in [0, 0.05) is 6.07 Å². The molecule has 0 spiro atoms. The average molecular weight is 341 g/mol. The van der Waals surface area contributed by atoms with E-state index < -0.39 is 0 Å². The predicted octanol–water partition coefficient (Wildman–Crippen LogP) is 2.92. The standard InChI is InChI=1S/C17H14ClN5O/c1-9-14-15(19)21-12-7-8-13(24-2)22-17(12)23(14)16(20-9)10-5-3-4-6-11(10)18/h3-8H,1-2H3,(H2,19,21)/p+1. The van der Waals surface area contributed by atoms with Crippen molar-refractivity contribution in [3.63, 3.8) is 0 Å². The maximum atomic E-state index is 6.39. The number of nitrogens with one attached hydrogen (secondary N) is 1. The second kappa shape index (κ2) is 5.35. The number of pyridine rings is 1. The van der Waals surface area contributed by atoms with Crippen LogP contribution in [0, 0.1) is 6.92 Å². The largest absolute Gasteiger partial charge is 0.469 e. The molecule has 3 aromatic heterocycles. The summed E-state index contributed by atoms with van der Waals surface area (Å²) in [5, 5.41) is 0.638. The normalized spacial score (nSPS) is 11.3. The minimum Gasteiger partial charge on any atom is -0.469 e. The third-order valence-corrected chi connectivity index (χ3v) is 4.30. The lowest BCUT2D eigenvalue weighted by Gasteiger charge is -2.03. The van der Waals surface area contributed by atoms with E-state index in [9.17, 15) is 0 Å². The second-order valence-electron chi connectivity index (χ2n) is 5.46. The van der Waals surface area contributed by atoms with Crippen molar-refractivity contribution in [3.8, 4) is 17.3 Å². The third kappa shape index (κ3) is 2.07. The number of methoxy groups -OCH3 is 1. The first-order chi connectivity index (χ1) is 11.6. The monoisotopic (exact) mass is 340 g/mol. The molecule has 4 aromatic rings. The molecule has 0 aliphatic heterocycles. The van der Waals surface area contributed by atoms with Gasteiger partial charge in [0.2, 0.25) is 5.82 Å². The number of halogens is 1. The summed E-state index contributed by atoms with van der Waals surface area (Å²) in [5.74, 6) is 1.74. The Bertz CT molecular complexity index is 1090. The number of imidazole rings is 1. The number of H-pyrrole nitrogens is 1. The van der Waals surface area contributed by atoms with Crippen LogP contribution < -0.4 is 14.9 Å². The molecule has 24 heavy (non-hydrogen) atoms. The number of nitrogens with two attached hydrogens (primary N) is 1. The molecule has 0 unspecified atom stereocenters. The summed E-state index contributed by atoms with van der Waals surface area (Å²) in [4.78, 5) is 12.4. The number of nitrogens with zero attached hydrogens (tertiary/aromatic N) is 3. The van der Waals surface area contributed by atoms with Crippen LogP contribution in [0.15, 0.2) is 36.4 Å². The SMILES string of the molecule is COc1ccc2nc(N)c3c(C)[nH]c(-c4ccccc4Cl)[n+]3c2n1. The Labute approximate surface area is 142 Å². The van der Waals surface area contributed by atoms with Gasteiger partial charge in [-0.15, -0.1) is 0 Å². The Morgan fingerprint density at radius 1 is 1.17 bits per heavy atom. The molecule has 120 valence electrons. The molecule has 3 heterocycles. The number of aryl methyl sites for hydroxylation is 1. The smallest absolute Gasteiger partial charge is 0.298 e. The van der Waals surface area contributed by atoms with Crippen LogP contribution in [0.3, 0.4) is 0 Å². The van der Waals surface area contributed by atoms with Crippen LogP contribution in [0.1, 0.15) is 5.69 Å². The second-order valence-corrected chi connectivity index (χ2v) is 5.86. The molecule has 6 nitrogen and oxygen atoms in total.